The van der Waals surface area contributed by atoms with Crippen LogP contribution in [-0.4, -0.2) is 35.1 Å². The maximum Gasteiger partial charge on any atom is 0.407 e. The summed E-state index contributed by atoms with van der Waals surface area (Å²) in [4.78, 5) is 26.6. The van der Waals surface area contributed by atoms with Crippen molar-refractivity contribution in [3.63, 3.8) is 0 Å². The number of hydrogen-bond donors (Lipinski definition) is 1. The summed E-state index contributed by atoms with van der Waals surface area (Å²) in [6, 6.07) is 5.14. The Morgan fingerprint density at radius 1 is 1.19 bits per heavy atom. The normalized spacial score (nSPS) is 22.7. The number of rotatable bonds is 2. The Bertz CT molecular complexity index is 706. The first-order chi connectivity index (χ1) is 12.7. The number of halogens is 1. The van der Waals surface area contributed by atoms with Crippen LogP contribution in [0.15, 0.2) is 18.2 Å². The molecule has 0 spiro atoms. The number of nitrogens with one attached hydrogen (secondary N) is 1. The van der Waals surface area contributed by atoms with E-state index in [0.717, 1.165) is 36.8 Å². The van der Waals surface area contributed by atoms with Crippen LogP contribution in [0.5, 0.6) is 0 Å². The summed E-state index contributed by atoms with van der Waals surface area (Å²) in [6.07, 6.45) is 3.23. The zero-order valence-corrected chi connectivity index (χ0v) is 16.4. The minimum Gasteiger partial charge on any atom is -0.444 e. The molecule has 2 amide bonds. The Balaban J connectivity index is 1.50. The molecule has 0 radical (unpaired) electrons. The highest BCUT2D eigenvalue weighted by Gasteiger charge is 2.32. The van der Waals surface area contributed by atoms with E-state index in [1.54, 1.807) is 6.07 Å². The zero-order valence-electron chi connectivity index (χ0n) is 16.4. The number of benzene rings is 1. The molecule has 1 N–H and O–H groups in total. The van der Waals surface area contributed by atoms with E-state index in [0.29, 0.717) is 19.5 Å². The fourth-order valence-corrected chi connectivity index (χ4v) is 3.97. The fourth-order valence-electron chi connectivity index (χ4n) is 3.97. The minimum absolute atomic E-state index is 0.0169. The minimum atomic E-state index is -0.513. The summed E-state index contributed by atoms with van der Waals surface area (Å²) in [6.45, 7) is 6.57. The topological polar surface area (TPSA) is 58.6 Å². The van der Waals surface area contributed by atoms with E-state index < -0.39 is 11.7 Å². The van der Waals surface area contributed by atoms with Crippen molar-refractivity contribution in [2.45, 2.75) is 71.1 Å². The van der Waals surface area contributed by atoms with Crippen LogP contribution < -0.4 is 5.32 Å². The SMILES string of the molecule is CC(C)(C)OC(=O)NC1CCC(C(=O)N2CCc3c(F)cccc3C2)CC1. The highest BCUT2D eigenvalue weighted by atomic mass is 19.1. The summed E-state index contributed by atoms with van der Waals surface area (Å²) < 4.78 is 19.2. The third kappa shape index (κ3) is 4.99. The number of carbonyl (C=O) groups is 2. The van der Waals surface area contributed by atoms with Gasteiger partial charge >= 0.3 is 6.09 Å². The molecule has 0 bridgehead atoms. The van der Waals surface area contributed by atoms with E-state index >= 15 is 0 Å². The summed E-state index contributed by atoms with van der Waals surface area (Å²) in [7, 11) is 0. The predicted molar refractivity (Wildman–Crippen MR) is 101 cm³/mol. The first-order valence-electron chi connectivity index (χ1n) is 9.77. The number of amides is 2. The molecule has 0 aromatic heterocycles. The van der Waals surface area contributed by atoms with Crippen LogP contribution in [0.2, 0.25) is 0 Å². The molecule has 1 aromatic rings. The van der Waals surface area contributed by atoms with Crippen LogP contribution in [0.4, 0.5) is 9.18 Å². The largest absolute Gasteiger partial charge is 0.444 e. The maximum atomic E-state index is 13.9. The van der Waals surface area contributed by atoms with Crippen LogP contribution in [-0.2, 0) is 22.5 Å². The van der Waals surface area contributed by atoms with Crippen molar-refractivity contribution in [3.05, 3.63) is 35.1 Å². The van der Waals surface area contributed by atoms with Gasteiger partial charge < -0.3 is 15.0 Å². The van der Waals surface area contributed by atoms with Crippen LogP contribution in [0.3, 0.4) is 0 Å². The molecule has 1 fully saturated rings. The standard InChI is InChI=1S/C21H29FN2O3/c1-21(2,3)27-20(26)23-16-9-7-14(8-10-16)19(25)24-12-11-17-15(13-24)5-4-6-18(17)22/h4-6,14,16H,7-13H2,1-3H3,(H,23,26). The molecule has 6 heteroatoms. The smallest absolute Gasteiger partial charge is 0.407 e. The van der Waals surface area contributed by atoms with Gasteiger partial charge in [0.15, 0.2) is 0 Å². The number of fused-ring (bicyclic) bond motifs is 1. The van der Waals surface area contributed by atoms with Crippen molar-refractivity contribution in [2.75, 3.05) is 6.54 Å². The molecule has 1 aromatic carbocycles. The van der Waals surface area contributed by atoms with Gasteiger partial charge in [0.1, 0.15) is 11.4 Å². The van der Waals surface area contributed by atoms with Crippen LogP contribution in [0, 0.1) is 11.7 Å². The first kappa shape index (κ1) is 19.6. The molecule has 0 saturated heterocycles. The van der Waals surface area contributed by atoms with Crippen LogP contribution >= 0.6 is 0 Å². The Kier molecular flexibility index (Phi) is 5.72. The van der Waals surface area contributed by atoms with E-state index in [1.165, 1.54) is 6.07 Å². The molecule has 2 aliphatic rings. The van der Waals surface area contributed by atoms with Crippen molar-refractivity contribution in [2.24, 2.45) is 5.92 Å². The molecule has 1 aliphatic carbocycles. The second-order valence-corrected chi connectivity index (χ2v) is 8.58. The average molecular weight is 376 g/mol. The fraction of sp³-hybridized carbons (Fsp3) is 0.619. The zero-order chi connectivity index (χ0) is 19.6. The van der Waals surface area contributed by atoms with Gasteiger partial charge in [0, 0.05) is 25.0 Å². The number of nitrogens with zero attached hydrogens (tertiary/aromatic N) is 1. The van der Waals surface area contributed by atoms with Gasteiger partial charge in [-0.05, 0) is 70.1 Å². The lowest BCUT2D eigenvalue weighted by atomic mass is 9.84. The van der Waals surface area contributed by atoms with E-state index in [1.807, 2.05) is 31.7 Å². The Hall–Kier alpha value is -2.11. The highest BCUT2D eigenvalue weighted by Crippen LogP contribution is 2.29. The van der Waals surface area contributed by atoms with Crippen molar-refractivity contribution in [3.8, 4) is 0 Å². The van der Waals surface area contributed by atoms with Gasteiger partial charge in [-0.25, -0.2) is 9.18 Å². The average Bonchev–Trinajstić information content (AvgIpc) is 2.60. The quantitative estimate of drug-likeness (QED) is 0.854. The van der Waals surface area contributed by atoms with E-state index in [4.69, 9.17) is 4.74 Å². The van der Waals surface area contributed by atoms with Gasteiger partial charge in [0.25, 0.3) is 0 Å². The highest BCUT2D eigenvalue weighted by molar-refractivity contribution is 5.79. The van der Waals surface area contributed by atoms with Crippen LogP contribution in [0.1, 0.15) is 57.6 Å². The summed E-state index contributed by atoms with van der Waals surface area (Å²) in [5.41, 5.74) is 1.14. The van der Waals surface area contributed by atoms with Gasteiger partial charge in [0.2, 0.25) is 5.91 Å². The third-order valence-electron chi connectivity index (χ3n) is 5.32. The van der Waals surface area contributed by atoms with Gasteiger partial charge in [-0.2, -0.15) is 0 Å². The van der Waals surface area contributed by atoms with Crippen molar-refractivity contribution in [1.29, 1.82) is 0 Å². The van der Waals surface area contributed by atoms with E-state index in [9.17, 15) is 14.0 Å². The third-order valence-corrected chi connectivity index (χ3v) is 5.32. The summed E-state index contributed by atoms with van der Waals surface area (Å²) in [5, 5.41) is 2.91. The molecule has 3 rings (SSSR count). The molecule has 1 saturated carbocycles. The molecule has 148 valence electrons. The molecule has 1 aliphatic heterocycles. The molecule has 0 atom stereocenters. The molecule has 5 nitrogen and oxygen atoms in total. The number of carbonyl (C=O) groups excluding carboxylic acids is 2. The molecule has 1 heterocycles. The number of alkyl carbamates (subject to hydrolysis) is 1. The van der Waals surface area contributed by atoms with Crippen LogP contribution in [0.25, 0.3) is 0 Å². The van der Waals surface area contributed by atoms with E-state index in [-0.39, 0.29) is 23.7 Å². The Labute approximate surface area is 160 Å². The van der Waals surface area contributed by atoms with Crippen molar-refractivity contribution in [1.82, 2.24) is 10.2 Å². The van der Waals surface area contributed by atoms with Gasteiger partial charge in [0.05, 0.1) is 0 Å². The number of ether oxygens (including phenoxy) is 1. The molecule has 27 heavy (non-hydrogen) atoms. The lowest BCUT2D eigenvalue weighted by Crippen LogP contribution is -2.44. The Morgan fingerprint density at radius 3 is 2.56 bits per heavy atom. The van der Waals surface area contributed by atoms with Crippen molar-refractivity contribution >= 4 is 12.0 Å². The second-order valence-electron chi connectivity index (χ2n) is 8.58. The van der Waals surface area contributed by atoms with Gasteiger partial charge in [-0.3, -0.25) is 4.79 Å². The Morgan fingerprint density at radius 2 is 1.89 bits per heavy atom. The maximum absolute atomic E-state index is 13.9. The summed E-state index contributed by atoms with van der Waals surface area (Å²) in [5.74, 6) is -0.0363. The van der Waals surface area contributed by atoms with Crippen molar-refractivity contribution < 1.29 is 18.7 Å². The molecular formula is C21H29FN2O3. The lowest BCUT2D eigenvalue weighted by molar-refractivity contribution is -0.137. The summed E-state index contributed by atoms with van der Waals surface area (Å²) >= 11 is 0. The molecule has 0 unspecified atom stereocenters. The van der Waals surface area contributed by atoms with Gasteiger partial charge in [-0.1, -0.05) is 12.1 Å². The first-order valence-corrected chi connectivity index (χ1v) is 9.77. The molecular weight excluding hydrogens is 347 g/mol. The lowest BCUT2D eigenvalue weighted by Gasteiger charge is -2.35. The monoisotopic (exact) mass is 376 g/mol. The predicted octanol–water partition coefficient (Wildman–Crippen LogP) is 3.79. The van der Waals surface area contributed by atoms with E-state index in [2.05, 4.69) is 5.32 Å². The number of hydrogen-bond acceptors (Lipinski definition) is 3. The van der Waals surface area contributed by atoms with Gasteiger partial charge in [-0.15, -0.1) is 0 Å². The second kappa shape index (κ2) is 7.87.